The van der Waals surface area contributed by atoms with E-state index in [-0.39, 0.29) is 11.0 Å². The highest BCUT2D eigenvalue weighted by atomic mass is 79.9. The first-order chi connectivity index (χ1) is 7.31. The van der Waals surface area contributed by atoms with E-state index in [1.807, 2.05) is 24.3 Å². The molecule has 1 aliphatic rings. The Morgan fingerprint density at radius 3 is 2.93 bits per heavy atom. The summed E-state index contributed by atoms with van der Waals surface area (Å²) in [7, 11) is 0. The van der Waals surface area contributed by atoms with Gasteiger partial charge < -0.3 is 4.74 Å². The van der Waals surface area contributed by atoms with Crippen molar-refractivity contribution < 1.29 is 9.53 Å². The molecule has 2 rings (SSSR count). The highest BCUT2D eigenvalue weighted by molar-refractivity contribution is 9.09. The zero-order chi connectivity index (χ0) is 10.7. The topological polar surface area (TPSA) is 38.3 Å². The monoisotopic (exact) mass is 269 g/mol. The SMILES string of the molecule is O=Cc1ccccc1C1COCC(Br)N1. The van der Waals surface area contributed by atoms with Gasteiger partial charge in [0.1, 0.15) is 6.29 Å². The van der Waals surface area contributed by atoms with E-state index < -0.39 is 0 Å². The molecule has 0 spiro atoms. The molecule has 1 aliphatic heterocycles. The van der Waals surface area contributed by atoms with Crippen molar-refractivity contribution in [3.05, 3.63) is 35.4 Å². The molecule has 1 fully saturated rings. The molecule has 0 aromatic heterocycles. The zero-order valence-electron chi connectivity index (χ0n) is 8.15. The predicted molar refractivity (Wildman–Crippen MR) is 61.2 cm³/mol. The average molecular weight is 270 g/mol. The Hall–Kier alpha value is -0.710. The van der Waals surface area contributed by atoms with E-state index in [1.165, 1.54) is 0 Å². The third-order valence-corrected chi connectivity index (χ3v) is 2.96. The molecule has 0 amide bonds. The largest absolute Gasteiger partial charge is 0.377 e. The molecule has 2 atom stereocenters. The van der Waals surface area contributed by atoms with Crippen LogP contribution >= 0.6 is 15.9 Å². The number of hydrogen-bond acceptors (Lipinski definition) is 3. The van der Waals surface area contributed by atoms with Crippen LogP contribution in [0.3, 0.4) is 0 Å². The van der Waals surface area contributed by atoms with Crippen molar-refractivity contribution in [1.29, 1.82) is 0 Å². The minimum atomic E-state index is 0.0875. The number of hydrogen-bond donors (Lipinski definition) is 1. The van der Waals surface area contributed by atoms with Crippen LogP contribution in [0, 0.1) is 0 Å². The lowest BCUT2D eigenvalue weighted by Gasteiger charge is -2.28. The van der Waals surface area contributed by atoms with Crippen molar-refractivity contribution in [2.24, 2.45) is 0 Å². The molecule has 2 unspecified atom stereocenters. The number of carbonyl (C=O) groups excluding carboxylic acids is 1. The number of rotatable bonds is 2. The molecule has 0 saturated carbocycles. The Morgan fingerprint density at radius 2 is 2.20 bits per heavy atom. The van der Waals surface area contributed by atoms with Gasteiger partial charge in [-0.1, -0.05) is 40.2 Å². The van der Waals surface area contributed by atoms with Crippen LogP contribution in [0.1, 0.15) is 22.0 Å². The third kappa shape index (κ3) is 2.45. The number of halogens is 1. The smallest absolute Gasteiger partial charge is 0.150 e. The second kappa shape index (κ2) is 4.88. The van der Waals surface area contributed by atoms with Gasteiger partial charge in [-0.15, -0.1) is 0 Å². The fourth-order valence-electron chi connectivity index (χ4n) is 1.72. The molecule has 80 valence electrons. The lowest BCUT2D eigenvalue weighted by atomic mass is 10.0. The summed E-state index contributed by atoms with van der Waals surface area (Å²) in [5, 5.41) is 3.34. The molecule has 4 heteroatoms. The van der Waals surface area contributed by atoms with Gasteiger partial charge in [0.05, 0.1) is 24.2 Å². The minimum absolute atomic E-state index is 0.0875. The number of benzene rings is 1. The zero-order valence-corrected chi connectivity index (χ0v) is 9.74. The van der Waals surface area contributed by atoms with Gasteiger partial charge in [-0.25, -0.2) is 0 Å². The molecular formula is C11H12BrNO2. The maximum Gasteiger partial charge on any atom is 0.150 e. The maximum atomic E-state index is 10.9. The Morgan fingerprint density at radius 1 is 1.40 bits per heavy atom. The molecule has 3 nitrogen and oxygen atoms in total. The number of aldehydes is 1. The minimum Gasteiger partial charge on any atom is -0.377 e. The fraction of sp³-hybridized carbons (Fsp3) is 0.364. The first kappa shape index (κ1) is 10.8. The number of nitrogens with one attached hydrogen (secondary N) is 1. The van der Waals surface area contributed by atoms with Gasteiger partial charge in [0.15, 0.2) is 0 Å². The number of carbonyl (C=O) groups is 1. The standard InChI is InChI=1S/C11H12BrNO2/c12-11-7-15-6-10(13-11)9-4-2-1-3-8(9)5-14/h1-5,10-11,13H,6-7H2. The lowest BCUT2D eigenvalue weighted by molar-refractivity contribution is 0.0694. The summed E-state index contributed by atoms with van der Waals surface area (Å²) in [6.45, 7) is 1.26. The van der Waals surface area contributed by atoms with Crippen LogP contribution in [0.4, 0.5) is 0 Å². The Balaban J connectivity index is 2.24. The van der Waals surface area contributed by atoms with Crippen LogP contribution in [0.5, 0.6) is 0 Å². The summed E-state index contributed by atoms with van der Waals surface area (Å²) in [6.07, 6.45) is 0.884. The number of alkyl halides is 1. The Bertz CT molecular complexity index is 356. The summed E-state index contributed by atoms with van der Waals surface area (Å²) in [5.74, 6) is 0. The molecule has 1 saturated heterocycles. The molecule has 1 N–H and O–H groups in total. The summed E-state index contributed by atoms with van der Waals surface area (Å²) >= 11 is 3.45. The fourth-order valence-corrected chi connectivity index (χ4v) is 2.22. The van der Waals surface area contributed by atoms with Crippen molar-refractivity contribution in [1.82, 2.24) is 5.32 Å². The van der Waals surface area contributed by atoms with E-state index in [0.29, 0.717) is 13.2 Å². The van der Waals surface area contributed by atoms with E-state index in [4.69, 9.17) is 4.74 Å². The van der Waals surface area contributed by atoms with Crippen molar-refractivity contribution in [2.45, 2.75) is 11.0 Å². The van der Waals surface area contributed by atoms with Crippen LogP contribution in [0.15, 0.2) is 24.3 Å². The second-order valence-corrected chi connectivity index (χ2v) is 4.58. The van der Waals surface area contributed by atoms with Crippen molar-refractivity contribution in [2.75, 3.05) is 13.2 Å². The van der Waals surface area contributed by atoms with Gasteiger partial charge in [0.25, 0.3) is 0 Å². The van der Waals surface area contributed by atoms with Gasteiger partial charge in [0.2, 0.25) is 0 Å². The van der Waals surface area contributed by atoms with E-state index in [2.05, 4.69) is 21.2 Å². The van der Waals surface area contributed by atoms with Gasteiger partial charge in [-0.3, -0.25) is 10.1 Å². The molecule has 15 heavy (non-hydrogen) atoms. The highest BCUT2D eigenvalue weighted by Crippen LogP contribution is 2.21. The van der Waals surface area contributed by atoms with Crippen LogP contribution in [0.2, 0.25) is 0 Å². The van der Waals surface area contributed by atoms with E-state index in [1.54, 1.807) is 0 Å². The maximum absolute atomic E-state index is 10.9. The van der Waals surface area contributed by atoms with Crippen molar-refractivity contribution in [3.63, 3.8) is 0 Å². The van der Waals surface area contributed by atoms with Crippen molar-refractivity contribution in [3.8, 4) is 0 Å². The lowest BCUT2D eigenvalue weighted by Crippen LogP contribution is -2.40. The van der Waals surface area contributed by atoms with Crippen LogP contribution < -0.4 is 5.32 Å². The van der Waals surface area contributed by atoms with E-state index in [9.17, 15) is 4.79 Å². The molecule has 1 aromatic carbocycles. The summed E-state index contributed by atoms with van der Waals surface area (Å²) in [6, 6.07) is 7.66. The first-order valence-corrected chi connectivity index (χ1v) is 5.75. The summed E-state index contributed by atoms with van der Waals surface area (Å²) in [4.78, 5) is 11.0. The summed E-state index contributed by atoms with van der Waals surface area (Å²) < 4.78 is 5.42. The van der Waals surface area contributed by atoms with Crippen LogP contribution in [0.25, 0.3) is 0 Å². The molecule has 0 bridgehead atoms. The number of morpholine rings is 1. The third-order valence-electron chi connectivity index (χ3n) is 2.43. The van der Waals surface area contributed by atoms with Gasteiger partial charge in [-0.2, -0.15) is 0 Å². The predicted octanol–water partition coefficient (Wildman–Crippen LogP) is 1.88. The quantitative estimate of drug-likeness (QED) is 0.506. The van der Waals surface area contributed by atoms with E-state index in [0.717, 1.165) is 17.4 Å². The molecule has 1 aromatic rings. The van der Waals surface area contributed by atoms with Gasteiger partial charge >= 0.3 is 0 Å². The number of ether oxygens (including phenoxy) is 1. The molecule has 1 heterocycles. The van der Waals surface area contributed by atoms with Crippen LogP contribution in [-0.2, 0) is 4.74 Å². The molecule has 0 aliphatic carbocycles. The Labute approximate surface area is 96.9 Å². The van der Waals surface area contributed by atoms with E-state index >= 15 is 0 Å². The first-order valence-electron chi connectivity index (χ1n) is 4.83. The average Bonchev–Trinajstić information content (AvgIpc) is 2.29. The van der Waals surface area contributed by atoms with Crippen molar-refractivity contribution >= 4 is 22.2 Å². The van der Waals surface area contributed by atoms with Gasteiger partial charge in [-0.05, 0) is 5.56 Å². The normalized spacial score (nSPS) is 26.2. The molecular weight excluding hydrogens is 258 g/mol. The highest BCUT2D eigenvalue weighted by Gasteiger charge is 2.22. The van der Waals surface area contributed by atoms with Gasteiger partial charge in [0, 0.05) is 5.56 Å². The summed E-state index contributed by atoms with van der Waals surface area (Å²) in [5.41, 5.74) is 1.72. The molecule has 0 radical (unpaired) electrons. The van der Waals surface area contributed by atoms with Crippen LogP contribution in [-0.4, -0.2) is 24.5 Å². The Kier molecular flexibility index (Phi) is 3.51. The second-order valence-electron chi connectivity index (χ2n) is 3.47.